The van der Waals surface area contributed by atoms with E-state index in [4.69, 9.17) is 5.11 Å². The second-order valence-electron chi connectivity index (χ2n) is 4.54. The van der Waals surface area contributed by atoms with E-state index in [0.717, 1.165) is 0 Å². The van der Waals surface area contributed by atoms with Gasteiger partial charge in [0.05, 0.1) is 4.90 Å². The second kappa shape index (κ2) is 6.02. The Kier molecular flexibility index (Phi) is 5.11. The number of rotatable bonds is 5. The number of hydrogen-bond donors (Lipinski definition) is 2. The number of sulfonamides is 1. The summed E-state index contributed by atoms with van der Waals surface area (Å²) in [5.41, 5.74) is 0.544. The van der Waals surface area contributed by atoms with Crippen molar-refractivity contribution in [3.63, 3.8) is 0 Å². The van der Waals surface area contributed by atoms with Gasteiger partial charge in [-0.3, -0.25) is 4.79 Å². The SMILES string of the molecule is Cc1c(Br)cccc1S(=O)(=O)N[C@H](C(=O)O)C(C)C. The van der Waals surface area contributed by atoms with Crippen LogP contribution >= 0.6 is 15.9 Å². The Morgan fingerprint density at radius 2 is 1.95 bits per heavy atom. The van der Waals surface area contributed by atoms with E-state index in [1.807, 2.05) is 0 Å². The molecule has 1 atom stereocenters. The molecule has 0 radical (unpaired) electrons. The zero-order valence-electron chi connectivity index (χ0n) is 10.8. The smallest absolute Gasteiger partial charge is 0.322 e. The highest BCUT2D eigenvalue weighted by atomic mass is 79.9. The van der Waals surface area contributed by atoms with Crippen molar-refractivity contribution >= 4 is 31.9 Å². The first kappa shape index (κ1) is 16.1. The van der Waals surface area contributed by atoms with Gasteiger partial charge in [-0.15, -0.1) is 0 Å². The number of carbonyl (C=O) groups is 1. The van der Waals surface area contributed by atoms with Gasteiger partial charge in [-0.25, -0.2) is 8.42 Å². The Bertz CT molecular complexity index is 583. The van der Waals surface area contributed by atoms with Gasteiger partial charge in [-0.2, -0.15) is 4.72 Å². The monoisotopic (exact) mass is 349 g/mol. The fourth-order valence-corrected chi connectivity index (χ4v) is 3.68. The molecule has 0 amide bonds. The summed E-state index contributed by atoms with van der Waals surface area (Å²) in [5.74, 6) is -1.54. The number of carboxylic acids is 1. The Morgan fingerprint density at radius 3 is 2.42 bits per heavy atom. The van der Waals surface area contributed by atoms with Gasteiger partial charge in [0.1, 0.15) is 6.04 Å². The van der Waals surface area contributed by atoms with Gasteiger partial charge in [0.25, 0.3) is 0 Å². The summed E-state index contributed by atoms with van der Waals surface area (Å²) in [7, 11) is -3.86. The molecule has 0 unspecified atom stereocenters. The Hall–Kier alpha value is -0.920. The van der Waals surface area contributed by atoms with Crippen LogP contribution in [0.4, 0.5) is 0 Å². The predicted molar refractivity (Wildman–Crippen MR) is 75.5 cm³/mol. The molecule has 106 valence electrons. The molecule has 1 rings (SSSR count). The van der Waals surface area contributed by atoms with Crippen LogP contribution in [-0.2, 0) is 14.8 Å². The number of halogens is 1. The molecule has 0 aliphatic heterocycles. The summed E-state index contributed by atoms with van der Waals surface area (Å²) >= 11 is 3.25. The van der Waals surface area contributed by atoms with E-state index in [2.05, 4.69) is 20.7 Å². The molecule has 0 aliphatic carbocycles. The van der Waals surface area contributed by atoms with E-state index < -0.39 is 22.0 Å². The van der Waals surface area contributed by atoms with Gasteiger partial charge < -0.3 is 5.11 Å². The molecule has 5 nitrogen and oxygen atoms in total. The lowest BCUT2D eigenvalue weighted by Crippen LogP contribution is -2.44. The van der Waals surface area contributed by atoms with Crippen LogP contribution in [0, 0.1) is 12.8 Å². The van der Waals surface area contributed by atoms with Crippen molar-refractivity contribution in [2.24, 2.45) is 5.92 Å². The van der Waals surface area contributed by atoms with Crippen molar-refractivity contribution in [2.75, 3.05) is 0 Å². The Balaban J connectivity index is 3.18. The van der Waals surface area contributed by atoms with E-state index in [1.54, 1.807) is 32.9 Å². The highest BCUT2D eigenvalue weighted by Crippen LogP contribution is 2.23. The van der Waals surface area contributed by atoms with Crippen molar-refractivity contribution in [1.82, 2.24) is 4.72 Å². The molecule has 0 heterocycles. The first-order valence-electron chi connectivity index (χ1n) is 5.67. The minimum atomic E-state index is -3.86. The van der Waals surface area contributed by atoms with Crippen molar-refractivity contribution in [3.05, 3.63) is 28.2 Å². The standard InChI is InChI=1S/C12H16BrNO4S/c1-7(2)11(12(15)16)14-19(17,18)10-6-4-5-9(13)8(10)3/h4-7,11,14H,1-3H3,(H,15,16)/t11-/m0/s1. The van der Waals surface area contributed by atoms with Gasteiger partial charge in [-0.1, -0.05) is 35.8 Å². The van der Waals surface area contributed by atoms with Crippen LogP contribution in [-0.4, -0.2) is 25.5 Å². The van der Waals surface area contributed by atoms with Crippen LogP contribution < -0.4 is 4.72 Å². The third-order valence-electron chi connectivity index (χ3n) is 2.72. The summed E-state index contributed by atoms with van der Waals surface area (Å²) in [6.45, 7) is 4.95. The molecule has 1 aromatic rings. The molecule has 1 aromatic carbocycles. The normalized spacial score (nSPS) is 13.5. The number of aliphatic carboxylic acids is 1. The van der Waals surface area contributed by atoms with Crippen LogP contribution in [0.5, 0.6) is 0 Å². The highest BCUT2D eigenvalue weighted by Gasteiger charge is 2.29. The number of benzene rings is 1. The third-order valence-corrected chi connectivity index (χ3v) is 5.17. The van der Waals surface area contributed by atoms with E-state index in [0.29, 0.717) is 10.0 Å². The highest BCUT2D eigenvalue weighted by molar-refractivity contribution is 9.10. The van der Waals surface area contributed by atoms with E-state index in [1.165, 1.54) is 6.07 Å². The minimum absolute atomic E-state index is 0.0776. The van der Waals surface area contributed by atoms with Crippen molar-refractivity contribution in [1.29, 1.82) is 0 Å². The van der Waals surface area contributed by atoms with E-state index >= 15 is 0 Å². The minimum Gasteiger partial charge on any atom is -0.480 e. The van der Waals surface area contributed by atoms with Crippen LogP contribution in [0.1, 0.15) is 19.4 Å². The van der Waals surface area contributed by atoms with Crippen LogP contribution in [0.15, 0.2) is 27.6 Å². The molecule has 0 aliphatic rings. The van der Waals surface area contributed by atoms with E-state index in [9.17, 15) is 13.2 Å². The molecule has 2 N–H and O–H groups in total. The Morgan fingerprint density at radius 1 is 1.37 bits per heavy atom. The summed E-state index contributed by atoms with van der Waals surface area (Å²) < 4.78 is 27.3. The quantitative estimate of drug-likeness (QED) is 0.852. The molecule has 19 heavy (non-hydrogen) atoms. The fraction of sp³-hybridized carbons (Fsp3) is 0.417. The lowest BCUT2D eigenvalue weighted by atomic mass is 10.1. The topological polar surface area (TPSA) is 83.5 Å². The lowest BCUT2D eigenvalue weighted by Gasteiger charge is -2.19. The van der Waals surface area contributed by atoms with E-state index in [-0.39, 0.29) is 10.8 Å². The fourth-order valence-electron chi connectivity index (χ4n) is 1.58. The van der Waals surface area contributed by atoms with Gasteiger partial charge in [0, 0.05) is 4.47 Å². The van der Waals surface area contributed by atoms with Crippen molar-refractivity contribution in [3.8, 4) is 0 Å². The average molecular weight is 350 g/mol. The molecule has 0 bridgehead atoms. The molecule has 0 aromatic heterocycles. The molecular formula is C12H16BrNO4S. The molecular weight excluding hydrogens is 334 g/mol. The second-order valence-corrected chi connectivity index (χ2v) is 7.08. The zero-order chi connectivity index (χ0) is 14.8. The molecule has 0 spiro atoms. The summed E-state index contributed by atoms with van der Waals surface area (Å²) in [4.78, 5) is 11.1. The van der Waals surface area contributed by atoms with Gasteiger partial charge in [-0.05, 0) is 30.5 Å². The van der Waals surface area contributed by atoms with Gasteiger partial charge in [0.2, 0.25) is 10.0 Å². The first-order valence-corrected chi connectivity index (χ1v) is 7.94. The molecule has 0 saturated heterocycles. The maximum absolute atomic E-state index is 12.2. The van der Waals surface area contributed by atoms with Gasteiger partial charge >= 0.3 is 5.97 Å². The first-order chi connectivity index (χ1) is 8.66. The van der Waals surface area contributed by atoms with Crippen molar-refractivity contribution < 1.29 is 18.3 Å². The zero-order valence-corrected chi connectivity index (χ0v) is 13.2. The molecule has 7 heteroatoms. The van der Waals surface area contributed by atoms with Gasteiger partial charge in [0.15, 0.2) is 0 Å². The number of carboxylic acid groups (broad SMARTS) is 1. The van der Waals surface area contributed by atoms with Crippen LogP contribution in [0.2, 0.25) is 0 Å². The predicted octanol–water partition coefficient (Wildman–Crippen LogP) is 2.15. The summed E-state index contributed by atoms with van der Waals surface area (Å²) in [5, 5.41) is 9.04. The van der Waals surface area contributed by atoms with Crippen LogP contribution in [0.25, 0.3) is 0 Å². The maximum atomic E-state index is 12.2. The van der Waals surface area contributed by atoms with Crippen LogP contribution in [0.3, 0.4) is 0 Å². The maximum Gasteiger partial charge on any atom is 0.322 e. The third kappa shape index (κ3) is 3.77. The summed E-state index contributed by atoms with van der Waals surface area (Å²) in [6, 6.07) is 3.62. The number of nitrogens with one attached hydrogen (secondary N) is 1. The Labute approximate surface area is 121 Å². The lowest BCUT2D eigenvalue weighted by molar-refractivity contribution is -0.140. The summed E-state index contributed by atoms with van der Waals surface area (Å²) in [6.07, 6.45) is 0. The molecule has 0 fully saturated rings. The molecule has 0 saturated carbocycles. The number of hydrogen-bond acceptors (Lipinski definition) is 3. The van der Waals surface area contributed by atoms with Crippen molar-refractivity contribution in [2.45, 2.75) is 31.7 Å². The average Bonchev–Trinajstić information content (AvgIpc) is 2.28. The largest absolute Gasteiger partial charge is 0.480 e.